The second-order valence-corrected chi connectivity index (χ2v) is 6.17. The van der Waals surface area contributed by atoms with Gasteiger partial charge in [0, 0.05) is 12.5 Å². The first-order chi connectivity index (χ1) is 9.08. The van der Waals surface area contributed by atoms with Crippen molar-refractivity contribution in [2.24, 2.45) is 17.8 Å². The van der Waals surface area contributed by atoms with Crippen molar-refractivity contribution in [3.05, 3.63) is 12.2 Å². The van der Waals surface area contributed by atoms with Crippen LogP contribution in [0.15, 0.2) is 12.2 Å². The van der Waals surface area contributed by atoms with Crippen LogP contribution in [0.25, 0.3) is 0 Å². The van der Waals surface area contributed by atoms with Gasteiger partial charge < -0.3 is 10.0 Å². The summed E-state index contributed by atoms with van der Waals surface area (Å²) in [5.74, 6) is 0.167. The van der Waals surface area contributed by atoms with Gasteiger partial charge in [-0.1, -0.05) is 19.1 Å². The molecule has 1 saturated carbocycles. The molecule has 4 atom stereocenters. The van der Waals surface area contributed by atoms with E-state index in [2.05, 4.69) is 12.2 Å². The second-order valence-electron chi connectivity index (χ2n) is 6.17. The molecule has 0 aromatic heterocycles. The number of carbonyl (C=O) groups is 2. The third-order valence-electron chi connectivity index (χ3n) is 5.33. The van der Waals surface area contributed by atoms with Crippen LogP contribution >= 0.6 is 0 Å². The molecule has 1 N–H and O–H groups in total. The molecule has 1 aliphatic heterocycles. The van der Waals surface area contributed by atoms with Crippen LogP contribution in [-0.4, -0.2) is 34.0 Å². The van der Waals surface area contributed by atoms with E-state index in [1.807, 2.05) is 6.92 Å². The van der Waals surface area contributed by atoms with Crippen molar-refractivity contribution in [2.75, 3.05) is 6.54 Å². The van der Waals surface area contributed by atoms with Gasteiger partial charge in [0.15, 0.2) is 0 Å². The second kappa shape index (κ2) is 4.36. The lowest BCUT2D eigenvalue weighted by Crippen LogP contribution is -2.54. The molecule has 19 heavy (non-hydrogen) atoms. The Hall–Kier alpha value is -1.32. The number of amides is 1. The minimum Gasteiger partial charge on any atom is -0.479 e. The number of aliphatic carboxylic acids is 1. The predicted molar refractivity (Wildman–Crippen MR) is 70.4 cm³/mol. The summed E-state index contributed by atoms with van der Waals surface area (Å²) in [5, 5.41) is 9.55. The van der Waals surface area contributed by atoms with Gasteiger partial charge in [0.2, 0.25) is 5.91 Å². The van der Waals surface area contributed by atoms with Crippen molar-refractivity contribution in [1.82, 2.24) is 4.90 Å². The van der Waals surface area contributed by atoms with Gasteiger partial charge in [0.1, 0.15) is 5.54 Å². The molecule has 4 heteroatoms. The van der Waals surface area contributed by atoms with E-state index >= 15 is 0 Å². The van der Waals surface area contributed by atoms with Gasteiger partial charge in [0.25, 0.3) is 0 Å². The Labute approximate surface area is 113 Å². The van der Waals surface area contributed by atoms with Gasteiger partial charge in [-0.15, -0.1) is 0 Å². The van der Waals surface area contributed by atoms with Gasteiger partial charge in [-0.05, 0) is 43.9 Å². The Morgan fingerprint density at radius 3 is 2.68 bits per heavy atom. The average Bonchev–Trinajstić information content (AvgIpc) is 3.11. The van der Waals surface area contributed by atoms with Gasteiger partial charge in [0.05, 0.1) is 0 Å². The van der Waals surface area contributed by atoms with Gasteiger partial charge in [-0.2, -0.15) is 0 Å². The van der Waals surface area contributed by atoms with E-state index in [1.54, 1.807) is 4.90 Å². The van der Waals surface area contributed by atoms with Crippen LogP contribution in [0.1, 0.15) is 39.0 Å². The number of likely N-dealkylation sites (tertiary alicyclic amines) is 1. The highest BCUT2D eigenvalue weighted by molar-refractivity contribution is 5.89. The van der Waals surface area contributed by atoms with E-state index in [0.29, 0.717) is 31.2 Å². The molecule has 2 fully saturated rings. The summed E-state index contributed by atoms with van der Waals surface area (Å²) < 4.78 is 0. The van der Waals surface area contributed by atoms with Crippen molar-refractivity contribution in [3.8, 4) is 0 Å². The van der Waals surface area contributed by atoms with Gasteiger partial charge >= 0.3 is 5.97 Å². The molecule has 2 aliphatic carbocycles. The molecule has 1 heterocycles. The zero-order valence-corrected chi connectivity index (χ0v) is 11.3. The molecule has 0 radical (unpaired) electrons. The molecule has 1 saturated heterocycles. The first-order valence-electron chi connectivity index (χ1n) is 7.31. The quantitative estimate of drug-likeness (QED) is 0.793. The van der Waals surface area contributed by atoms with Crippen molar-refractivity contribution >= 4 is 11.9 Å². The normalized spacial score (nSPS) is 40.1. The molecule has 2 bridgehead atoms. The lowest BCUT2D eigenvalue weighted by molar-refractivity contribution is -0.158. The minimum atomic E-state index is -0.942. The number of nitrogens with zero attached hydrogens (tertiary/aromatic N) is 1. The summed E-state index contributed by atoms with van der Waals surface area (Å²) in [5.41, 5.74) is -0.942. The van der Waals surface area contributed by atoms with Crippen LogP contribution in [0.5, 0.6) is 0 Å². The fourth-order valence-corrected chi connectivity index (χ4v) is 4.21. The molecule has 1 amide bonds. The minimum absolute atomic E-state index is 0.0263. The van der Waals surface area contributed by atoms with Crippen LogP contribution in [-0.2, 0) is 9.59 Å². The fraction of sp³-hybridized carbons (Fsp3) is 0.733. The monoisotopic (exact) mass is 263 g/mol. The lowest BCUT2D eigenvalue weighted by atomic mass is 9.88. The number of fused-ring (bicyclic) bond motifs is 2. The Morgan fingerprint density at radius 1 is 1.37 bits per heavy atom. The maximum absolute atomic E-state index is 12.7. The van der Waals surface area contributed by atoms with Gasteiger partial charge in [-0.25, -0.2) is 4.79 Å². The van der Waals surface area contributed by atoms with E-state index in [9.17, 15) is 14.7 Å². The number of carboxylic acids is 1. The van der Waals surface area contributed by atoms with Crippen LogP contribution in [0, 0.1) is 17.8 Å². The van der Waals surface area contributed by atoms with E-state index in [1.165, 1.54) is 0 Å². The molecule has 3 rings (SSSR count). The summed E-state index contributed by atoms with van der Waals surface area (Å²) in [6, 6.07) is 0. The highest BCUT2D eigenvalue weighted by atomic mass is 16.4. The first kappa shape index (κ1) is 12.7. The molecule has 0 aromatic carbocycles. The first-order valence-corrected chi connectivity index (χ1v) is 7.31. The predicted octanol–water partition coefficient (Wildman–Crippen LogP) is 2.05. The third-order valence-corrected chi connectivity index (χ3v) is 5.33. The number of allylic oxidation sites excluding steroid dienone is 2. The van der Waals surface area contributed by atoms with E-state index in [0.717, 1.165) is 19.3 Å². The largest absolute Gasteiger partial charge is 0.479 e. The maximum atomic E-state index is 12.7. The zero-order chi connectivity index (χ0) is 13.6. The lowest BCUT2D eigenvalue weighted by Gasteiger charge is -2.36. The maximum Gasteiger partial charge on any atom is 0.329 e. The smallest absolute Gasteiger partial charge is 0.329 e. The van der Waals surface area contributed by atoms with Crippen molar-refractivity contribution in [2.45, 2.75) is 44.6 Å². The number of hydrogen-bond donors (Lipinski definition) is 1. The van der Waals surface area contributed by atoms with E-state index in [4.69, 9.17) is 0 Å². The molecule has 4 unspecified atom stereocenters. The molecule has 4 nitrogen and oxygen atoms in total. The van der Waals surface area contributed by atoms with E-state index in [-0.39, 0.29) is 11.8 Å². The van der Waals surface area contributed by atoms with E-state index < -0.39 is 11.5 Å². The summed E-state index contributed by atoms with van der Waals surface area (Å²) in [6.07, 6.45) is 8.27. The number of hydrogen-bond acceptors (Lipinski definition) is 2. The van der Waals surface area contributed by atoms with Crippen molar-refractivity contribution in [1.29, 1.82) is 0 Å². The van der Waals surface area contributed by atoms with Crippen LogP contribution in [0.3, 0.4) is 0 Å². The zero-order valence-electron chi connectivity index (χ0n) is 11.3. The highest BCUT2D eigenvalue weighted by Gasteiger charge is 2.52. The van der Waals surface area contributed by atoms with Crippen LogP contribution < -0.4 is 0 Å². The van der Waals surface area contributed by atoms with Crippen LogP contribution in [0.2, 0.25) is 0 Å². The number of rotatable bonds is 3. The Bertz CT molecular complexity index is 445. The molecular formula is C15H21NO3. The SMILES string of the molecule is CCC1(C(=O)O)CCCN1C(=O)C1CC2C=CC1C2. The Morgan fingerprint density at radius 2 is 2.16 bits per heavy atom. The summed E-state index contributed by atoms with van der Waals surface area (Å²) >= 11 is 0. The summed E-state index contributed by atoms with van der Waals surface area (Å²) in [4.78, 5) is 26.1. The topological polar surface area (TPSA) is 57.6 Å². The molecule has 0 aromatic rings. The Kier molecular flexibility index (Phi) is 2.91. The standard InChI is InChI=1S/C15H21NO3/c1-2-15(14(18)19)6-3-7-16(15)13(17)12-9-10-4-5-11(12)8-10/h4-5,10-12H,2-3,6-9H2,1H3,(H,18,19). The molecule has 3 aliphatic rings. The number of carbonyl (C=O) groups excluding carboxylic acids is 1. The van der Waals surface area contributed by atoms with Gasteiger partial charge in [-0.3, -0.25) is 4.79 Å². The van der Waals surface area contributed by atoms with Crippen molar-refractivity contribution < 1.29 is 14.7 Å². The van der Waals surface area contributed by atoms with Crippen molar-refractivity contribution in [3.63, 3.8) is 0 Å². The Balaban J connectivity index is 1.83. The molecule has 104 valence electrons. The summed E-state index contributed by atoms with van der Waals surface area (Å²) in [6.45, 7) is 2.48. The molecular weight excluding hydrogens is 242 g/mol. The molecule has 0 spiro atoms. The number of carboxylic acid groups (broad SMARTS) is 1. The highest BCUT2D eigenvalue weighted by Crippen LogP contribution is 2.46. The average molecular weight is 263 g/mol. The summed E-state index contributed by atoms with van der Waals surface area (Å²) in [7, 11) is 0. The third kappa shape index (κ3) is 1.72. The fourth-order valence-electron chi connectivity index (χ4n) is 4.21. The van der Waals surface area contributed by atoms with Crippen LogP contribution in [0.4, 0.5) is 0 Å².